The minimum Gasteiger partial charge on any atom is -0.464 e. The highest BCUT2D eigenvalue weighted by atomic mass is 16.5. The second kappa shape index (κ2) is 5.97. The van der Waals surface area contributed by atoms with Crippen LogP contribution in [0.4, 0.5) is 0 Å². The maximum Gasteiger partial charge on any atom is 0.338 e. The molecule has 78 valence electrons. The molecule has 3 heteroatoms. The highest BCUT2D eigenvalue weighted by Gasteiger charge is 2.33. The summed E-state index contributed by atoms with van der Waals surface area (Å²) in [6.45, 7) is 6.01. The van der Waals surface area contributed by atoms with Crippen LogP contribution >= 0.6 is 0 Å². The van der Waals surface area contributed by atoms with Crippen LogP contribution in [0.1, 0.15) is 46.5 Å². The predicted octanol–water partition coefficient (Wildman–Crippen LogP) is 1.88. The fourth-order valence-electron chi connectivity index (χ4n) is 0.982. The lowest BCUT2D eigenvalue weighted by atomic mass is 9.98. The lowest BCUT2D eigenvalue weighted by Gasteiger charge is -2.22. The summed E-state index contributed by atoms with van der Waals surface area (Å²) in [5.41, 5.74) is -1.27. The molecule has 0 rings (SSSR count). The largest absolute Gasteiger partial charge is 0.464 e. The number of ether oxygens (including phenoxy) is 1. The zero-order chi connectivity index (χ0) is 10.3. The molecule has 0 radical (unpaired) electrons. The third-order valence-corrected chi connectivity index (χ3v) is 2.28. The fourth-order valence-corrected chi connectivity index (χ4v) is 0.982. The van der Waals surface area contributed by atoms with E-state index in [1.807, 2.05) is 6.92 Å². The maximum absolute atomic E-state index is 11.3. The van der Waals surface area contributed by atoms with Gasteiger partial charge in [-0.05, 0) is 19.3 Å². The molecule has 0 aromatic heterocycles. The molecule has 0 heterocycles. The first-order valence-corrected chi connectivity index (χ1v) is 5.00. The van der Waals surface area contributed by atoms with Crippen molar-refractivity contribution >= 4 is 5.97 Å². The van der Waals surface area contributed by atoms with E-state index in [0.717, 1.165) is 12.8 Å². The molecule has 0 atom stereocenters. The van der Waals surface area contributed by atoms with Crippen molar-refractivity contribution in [3.05, 3.63) is 0 Å². The van der Waals surface area contributed by atoms with Gasteiger partial charge in [0.1, 0.15) is 0 Å². The molecule has 0 amide bonds. The van der Waals surface area contributed by atoms with Crippen LogP contribution in [0.25, 0.3) is 0 Å². The summed E-state index contributed by atoms with van der Waals surface area (Å²) >= 11 is 0. The Labute approximate surface area is 80.1 Å². The van der Waals surface area contributed by atoms with Crippen LogP contribution in [0.5, 0.6) is 0 Å². The Kier molecular flexibility index (Phi) is 5.71. The summed E-state index contributed by atoms with van der Waals surface area (Å²) in [5, 5.41) is 9.72. The van der Waals surface area contributed by atoms with E-state index in [9.17, 15) is 9.90 Å². The van der Waals surface area contributed by atoms with E-state index in [1.165, 1.54) is 0 Å². The number of carbonyl (C=O) groups excluding carboxylic acids is 1. The van der Waals surface area contributed by atoms with Crippen molar-refractivity contribution in [3.63, 3.8) is 0 Å². The minimum atomic E-state index is -1.27. The van der Waals surface area contributed by atoms with Gasteiger partial charge in [0, 0.05) is 0 Å². The third-order valence-electron chi connectivity index (χ3n) is 2.28. The van der Waals surface area contributed by atoms with Gasteiger partial charge in [-0.3, -0.25) is 0 Å². The number of aliphatic hydroxyl groups is 1. The first kappa shape index (κ1) is 12.4. The van der Waals surface area contributed by atoms with Crippen LogP contribution in [0, 0.1) is 0 Å². The van der Waals surface area contributed by atoms with Crippen LogP contribution in [0.15, 0.2) is 0 Å². The van der Waals surface area contributed by atoms with E-state index in [2.05, 4.69) is 0 Å². The van der Waals surface area contributed by atoms with E-state index >= 15 is 0 Å². The second-order valence-corrected chi connectivity index (χ2v) is 3.23. The van der Waals surface area contributed by atoms with Crippen molar-refractivity contribution in [2.45, 2.75) is 52.1 Å². The summed E-state index contributed by atoms with van der Waals surface area (Å²) in [4.78, 5) is 11.3. The molecule has 0 aliphatic rings. The molecule has 1 N–H and O–H groups in total. The van der Waals surface area contributed by atoms with Crippen LogP contribution in [-0.2, 0) is 9.53 Å². The Morgan fingerprint density at radius 3 is 2.23 bits per heavy atom. The smallest absolute Gasteiger partial charge is 0.338 e. The third kappa shape index (κ3) is 3.77. The molecule has 0 fully saturated rings. The fraction of sp³-hybridized carbons (Fsp3) is 0.900. The number of esters is 1. The molecule has 0 aliphatic carbocycles. The van der Waals surface area contributed by atoms with E-state index in [4.69, 9.17) is 4.74 Å². The van der Waals surface area contributed by atoms with Crippen LogP contribution in [0.2, 0.25) is 0 Å². The van der Waals surface area contributed by atoms with Crippen LogP contribution in [0.3, 0.4) is 0 Å². The van der Waals surface area contributed by atoms with Crippen molar-refractivity contribution < 1.29 is 14.6 Å². The predicted molar refractivity (Wildman–Crippen MR) is 51.4 cm³/mol. The number of carbonyl (C=O) groups is 1. The molecule has 0 spiro atoms. The summed E-state index contributed by atoms with van der Waals surface area (Å²) < 4.78 is 4.94. The summed E-state index contributed by atoms with van der Waals surface area (Å²) in [6, 6.07) is 0. The Hall–Kier alpha value is -0.570. The number of rotatable bonds is 6. The van der Waals surface area contributed by atoms with Gasteiger partial charge in [-0.15, -0.1) is 0 Å². The lowest BCUT2D eigenvalue weighted by molar-refractivity contribution is -0.166. The Balaban J connectivity index is 3.92. The first-order chi connectivity index (χ1) is 6.10. The Morgan fingerprint density at radius 1 is 1.31 bits per heavy atom. The lowest BCUT2D eigenvalue weighted by Crippen LogP contribution is -2.38. The highest BCUT2D eigenvalue weighted by molar-refractivity contribution is 5.79. The monoisotopic (exact) mass is 188 g/mol. The average Bonchev–Trinajstić information content (AvgIpc) is 2.17. The molecule has 0 saturated heterocycles. The van der Waals surface area contributed by atoms with Gasteiger partial charge in [0.05, 0.1) is 6.61 Å². The summed E-state index contributed by atoms with van der Waals surface area (Å²) in [5.74, 6) is -0.481. The van der Waals surface area contributed by atoms with E-state index < -0.39 is 11.6 Å². The molecule has 0 aromatic carbocycles. The second-order valence-electron chi connectivity index (χ2n) is 3.23. The van der Waals surface area contributed by atoms with Crippen molar-refractivity contribution in [3.8, 4) is 0 Å². The zero-order valence-corrected chi connectivity index (χ0v) is 8.80. The van der Waals surface area contributed by atoms with Crippen LogP contribution in [-0.4, -0.2) is 23.3 Å². The van der Waals surface area contributed by atoms with Gasteiger partial charge in [-0.25, -0.2) is 4.79 Å². The van der Waals surface area contributed by atoms with Gasteiger partial charge in [0.15, 0.2) is 5.60 Å². The quantitative estimate of drug-likeness (QED) is 0.511. The molecular formula is C10H20O3. The van der Waals surface area contributed by atoms with Gasteiger partial charge < -0.3 is 9.84 Å². The summed E-state index contributed by atoms with van der Waals surface area (Å²) in [7, 11) is 0. The summed E-state index contributed by atoms with van der Waals surface area (Å²) in [6.07, 6.45) is 2.67. The van der Waals surface area contributed by atoms with Crippen LogP contribution < -0.4 is 0 Å². The Morgan fingerprint density at radius 2 is 1.85 bits per heavy atom. The van der Waals surface area contributed by atoms with E-state index in [-0.39, 0.29) is 0 Å². The van der Waals surface area contributed by atoms with Crippen molar-refractivity contribution in [1.29, 1.82) is 0 Å². The zero-order valence-electron chi connectivity index (χ0n) is 8.80. The van der Waals surface area contributed by atoms with Crippen molar-refractivity contribution in [2.24, 2.45) is 0 Å². The van der Waals surface area contributed by atoms with Gasteiger partial charge in [-0.1, -0.05) is 27.2 Å². The number of unbranched alkanes of at least 4 members (excludes halogenated alkanes) is 1. The van der Waals surface area contributed by atoms with Crippen molar-refractivity contribution in [2.75, 3.05) is 6.61 Å². The molecule has 0 saturated carbocycles. The molecule has 13 heavy (non-hydrogen) atoms. The molecule has 3 nitrogen and oxygen atoms in total. The maximum atomic E-state index is 11.3. The van der Waals surface area contributed by atoms with Gasteiger partial charge in [0.25, 0.3) is 0 Å². The van der Waals surface area contributed by atoms with Crippen molar-refractivity contribution in [1.82, 2.24) is 0 Å². The number of hydrogen-bond donors (Lipinski definition) is 1. The molecule has 0 unspecified atom stereocenters. The van der Waals surface area contributed by atoms with Gasteiger partial charge >= 0.3 is 5.97 Å². The number of hydrogen-bond acceptors (Lipinski definition) is 3. The molecule has 0 aromatic rings. The molecular weight excluding hydrogens is 168 g/mol. The first-order valence-electron chi connectivity index (χ1n) is 5.00. The Bertz CT molecular complexity index is 150. The van der Waals surface area contributed by atoms with Gasteiger partial charge in [0.2, 0.25) is 0 Å². The average molecular weight is 188 g/mol. The van der Waals surface area contributed by atoms with E-state index in [0.29, 0.717) is 19.4 Å². The van der Waals surface area contributed by atoms with E-state index in [1.54, 1.807) is 13.8 Å². The molecule has 0 bridgehead atoms. The topological polar surface area (TPSA) is 46.5 Å². The highest BCUT2D eigenvalue weighted by Crippen LogP contribution is 2.16. The molecule has 0 aliphatic heterocycles. The minimum absolute atomic E-state index is 0.411. The standard InChI is InChI=1S/C10H20O3/c1-4-7-8-13-9(11)10(12,5-2)6-3/h12H,4-8H2,1-3H3. The van der Waals surface area contributed by atoms with Gasteiger partial charge in [-0.2, -0.15) is 0 Å². The SMILES string of the molecule is CCCCOC(=O)C(O)(CC)CC. The normalized spacial score (nSPS) is 11.4.